The highest BCUT2D eigenvalue weighted by Crippen LogP contribution is 2.32. The maximum absolute atomic E-state index is 11.0. The molecule has 0 saturated carbocycles. The molecule has 0 amide bonds. The van der Waals surface area contributed by atoms with Crippen LogP contribution in [0.2, 0.25) is 0 Å². The maximum atomic E-state index is 11.0. The second-order valence-electron chi connectivity index (χ2n) is 4.65. The predicted molar refractivity (Wildman–Crippen MR) is 73.4 cm³/mol. The van der Waals surface area contributed by atoms with Crippen LogP contribution in [-0.4, -0.2) is 15.2 Å². The van der Waals surface area contributed by atoms with Gasteiger partial charge < -0.3 is 0 Å². The number of rotatable bonds is 2. The van der Waals surface area contributed by atoms with Crippen LogP contribution in [0.15, 0.2) is 35.0 Å². The highest BCUT2D eigenvalue weighted by molar-refractivity contribution is 5.96. The lowest BCUT2D eigenvalue weighted by Crippen LogP contribution is -1.91. The molecule has 1 aromatic heterocycles. The summed E-state index contributed by atoms with van der Waals surface area (Å²) in [5, 5.41) is 18.4. The number of hydrogen-bond acceptors (Lipinski definition) is 5. The van der Waals surface area contributed by atoms with Crippen molar-refractivity contribution in [3.05, 3.63) is 51.6 Å². The number of nitrogens with zero attached hydrogens (tertiary/aromatic N) is 3. The third-order valence-corrected chi connectivity index (χ3v) is 3.41. The van der Waals surface area contributed by atoms with Gasteiger partial charge >= 0.3 is 5.69 Å². The monoisotopic (exact) mass is 269 g/mol. The third-order valence-electron chi connectivity index (χ3n) is 3.41. The van der Waals surface area contributed by atoms with Gasteiger partial charge in [-0.1, -0.05) is 18.2 Å². The highest BCUT2D eigenvalue weighted by Gasteiger charge is 2.20. The number of benzene rings is 2. The minimum absolute atomic E-state index is 0.103. The summed E-state index contributed by atoms with van der Waals surface area (Å²) in [6.45, 7) is 4.05. The summed E-state index contributed by atoms with van der Waals surface area (Å²) in [5.41, 5.74) is 4.51. The Morgan fingerprint density at radius 2 is 1.80 bits per heavy atom. The van der Waals surface area contributed by atoms with Gasteiger partial charge in [0.25, 0.3) is 0 Å². The summed E-state index contributed by atoms with van der Waals surface area (Å²) in [7, 11) is 0. The van der Waals surface area contributed by atoms with Gasteiger partial charge in [-0.2, -0.15) is 0 Å². The molecule has 20 heavy (non-hydrogen) atoms. The standard InChI is InChI=1S/C14H11N3O3/c1-8-3-4-10(7-9(8)2)11-5-6-12(17(18)19)14-13(11)15-20-16-14/h3-7H,1-2H3. The predicted octanol–water partition coefficient (Wildman–Crippen LogP) is 3.41. The molecule has 6 heteroatoms. The summed E-state index contributed by atoms with van der Waals surface area (Å²) in [4.78, 5) is 10.5. The molecule has 100 valence electrons. The van der Waals surface area contributed by atoms with Crippen molar-refractivity contribution >= 4 is 16.7 Å². The Bertz CT molecular complexity index is 824. The molecular weight excluding hydrogens is 258 g/mol. The molecule has 1 heterocycles. The summed E-state index contributed by atoms with van der Waals surface area (Å²) in [6.07, 6.45) is 0. The van der Waals surface area contributed by atoms with E-state index in [9.17, 15) is 10.1 Å². The Balaban J connectivity index is 2.27. The van der Waals surface area contributed by atoms with Crippen LogP contribution in [0.1, 0.15) is 11.1 Å². The average molecular weight is 269 g/mol. The second-order valence-corrected chi connectivity index (χ2v) is 4.65. The van der Waals surface area contributed by atoms with Gasteiger partial charge in [-0.05, 0) is 46.9 Å². The molecule has 0 aliphatic heterocycles. The van der Waals surface area contributed by atoms with Gasteiger partial charge in [0.2, 0.25) is 5.52 Å². The van der Waals surface area contributed by atoms with E-state index in [-0.39, 0.29) is 11.2 Å². The van der Waals surface area contributed by atoms with E-state index < -0.39 is 4.92 Å². The molecule has 0 fully saturated rings. The van der Waals surface area contributed by atoms with Crippen molar-refractivity contribution in [2.24, 2.45) is 0 Å². The van der Waals surface area contributed by atoms with Gasteiger partial charge in [-0.25, -0.2) is 4.63 Å². The van der Waals surface area contributed by atoms with E-state index in [1.54, 1.807) is 6.07 Å². The summed E-state index contributed by atoms with van der Waals surface area (Å²) in [5.74, 6) is 0. The Morgan fingerprint density at radius 1 is 1.05 bits per heavy atom. The molecule has 0 aliphatic rings. The van der Waals surface area contributed by atoms with Crippen molar-refractivity contribution in [3.63, 3.8) is 0 Å². The zero-order chi connectivity index (χ0) is 14.3. The van der Waals surface area contributed by atoms with Crippen LogP contribution >= 0.6 is 0 Å². The fourth-order valence-electron chi connectivity index (χ4n) is 2.14. The molecule has 0 spiro atoms. The van der Waals surface area contributed by atoms with E-state index in [1.165, 1.54) is 11.6 Å². The van der Waals surface area contributed by atoms with Gasteiger partial charge in [0.05, 0.1) is 4.92 Å². The van der Waals surface area contributed by atoms with Crippen LogP contribution < -0.4 is 0 Å². The van der Waals surface area contributed by atoms with Crippen molar-refractivity contribution in [1.29, 1.82) is 0 Å². The van der Waals surface area contributed by atoms with Gasteiger partial charge in [0, 0.05) is 11.6 Å². The smallest absolute Gasteiger partial charge is 0.258 e. The molecular formula is C14H11N3O3. The normalized spacial score (nSPS) is 10.9. The molecule has 0 atom stereocenters. The van der Waals surface area contributed by atoms with Gasteiger partial charge in [-0.15, -0.1) is 0 Å². The van der Waals surface area contributed by atoms with Crippen LogP contribution in [0.3, 0.4) is 0 Å². The molecule has 0 unspecified atom stereocenters. The number of nitro benzene ring substituents is 1. The summed E-state index contributed by atoms with van der Waals surface area (Å²) in [6, 6.07) is 9.08. The minimum atomic E-state index is -0.489. The fraction of sp³-hybridized carbons (Fsp3) is 0.143. The zero-order valence-electron chi connectivity index (χ0n) is 11.0. The molecule has 6 nitrogen and oxygen atoms in total. The third kappa shape index (κ3) is 1.82. The van der Waals surface area contributed by atoms with Crippen molar-refractivity contribution in [2.45, 2.75) is 13.8 Å². The maximum Gasteiger partial charge on any atom is 0.300 e. The fourth-order valence-corrected chi connectivity index (χ4v) is 2.14. The van der Waals surface area contributed by atoms with Gasteiger partial charge in [0.1, 0.15) is 5.52 Å². The molecule has 2 aromatic carbocycles. The lowest BCUT2D eigenvalue weighted by atomic mass is 9.99. The van der Waals surface area contributed by atoms with Crippen LogP contribution in [0.5, 0.6) is 0 Å². The van der Waals surface area contributed by atoms with E-state index >= 15 is 0 Å². The first-order valence-corrected chi connectivity index (χ1v) is 6.05. The number of non-ortho nitro benzene ring substituents is 1. The Labute approximate surface area is 114 Å². The number of aromatic nitrogens is 2. The largest absolute Gasteiger partial charge is 0.300 e. The average Bonchev–Trinajstić information content (AvgIpc) is 2.89. The SMILES string of the molecule is Cc1ccc(-c2ccc([N+](=O)[O-])c3nonc23)cc1C. The number of hydrogen-bond donors (Lipinski definition) is 0. The Hall–Kier alpha value is -2.76. The first kappa shape index (κ1) is 12.3. The molecule has 0 aliphatic carbocycles. The Kier molecular flexibility index (Phi) is 2.71. The first-order valence-electron chi connectivity index (χ1n) is 6.05. The van der Waals surface area contributed by atoms with Crippen LogP contribution in [0.4, 0.5) is 5.69 Å². The van der Waals surface area contributed by atoms with E-state index in [0.29, 0.717) is 5.52 Å². The van der Waals surface area contributed by atoms with Crippen molar-refractivity contribution in [2.75, 3.05) is 0 Å². The van der Waals surface area contributed by atoms with E-state index in [1.807, 2.05) is 32.0 Å². The van der Waals surface area contributed by atoms with Crippen molar-refractivity contribution in [1.82, 2.24) is 10.3 Å². The van der Waals surface area contributed by atoms with Crippen molar-refractivity contribution in [3.8, 4) is 11.1 Å². The topological polar surface area (TPSA) is 82.1 Å². The van der Waals surface area contributed by atoms with E-state index in [0.717, 1.165) is 16.7 Å². The lowest BCUT2D eigenvalue weighted by molar-refractivity contribution is -0.383. The highest BCUT2D eigenvalue weighted by atomic mass is 16.6. The van der Waals surface area contributed by atoms with Gasteiger partial charge in [0.15, 0.2) is 0 Å². The van der Waals surface area contributed by atoms with E-state index in [2.05, 4.69) is 14.9 Å². The number of aryl methyl sites for hydroxylation is 2. The number of nitro groups is 1. The molecule has 0 bridgehead atoms. The van der Waals surface area contributed by atoms with Crippen LogP contribution in [-0.2, 0) is 0 Å². The first-order chi connectivity index (χ1) is 9.58. The van der Waals surface area contributed by atoms with Crippen LogP contribution in [0.25, 0.3) is 22.2 Å². The van der Waals surface area contributed by atoms with E-state index in [4.69, 9.17) is 0 Å². The zero-order valence-corrected chi connectivity index (χ0v) is 11.0. The second kappa shape index (κ2) is 4.41. The molecule has 0 radical (unpaired) electrons. The number of fused-ring (bicyclic) bond motifs is 1. The lowest BCUT2D eigenvalue weighted by Gasteiger charge is -2.05. The molecule has 3 aromatic rings. The minimum Gasteiger partial charge on any atom is -0.258 e. The van der Waals surface area contributed by atoms with Crippen molar-refractivity contribution < 1.29 is 9.55 Å². The Morgan fingerprint density at radius 3 is 2.50 bits per heavy atom. The molecule has 3 rings (SSSR count). The summed E-state index contributed by atoms with van der Waals surface area (Å²) < 4.78 is 4.67. The van der Waals surface area contributed by atoms with Crippen LogP contribution in [0, 0.1) is 24.0 Å². The molecule has 0 saturated heterocycles. The summed E-state index contributed by atoms with van der Waals surface area (Å²) >= 11 is 0. The van der Waals surface area contributed by atoms with Gasteiger partial charge in [-0.3, -0.25) is 10.1 Å². The quantitative estimate of drug-likeness (QED) is 0.526. The molecule has 0 N–H and O–H groups in total.